The van der Waals surface area contributed by atoms with E-state index in [1.54, 1.807) is 70.1 Å². The van der Waals surface area contributed by atoms with E-state index in [-0.39, 0.29) is 65.2 Å². The summed E-state index contributed by atoms with van der Waals surface area (Å²) in [5, 5.41) is 17.6. The van der Waals surface area contributed by atoms with E-state index >= 15 is 0 Å². The molecule has 3 amide bonds. The van der Waals surface area contributed by atoms with Gasteiger partial charge in [0.15, 0.2) is 0 Å². The van der Waals surface area contributed by atoms with Crippen molar-refractivity contribution in [1.82, 2.24) is 58.2 Å². The van der Waals surface area contributed by atoms with Crippen LogP contribution in [-0.4, -0.2) is 157 Å². The Bertz CT molecular complexity index is 3930. The smallest absolute Gasteiger partial charge is 0.475 e. The Morgan fingerprint density at radius 3 is 0.798 bits per heavy atom. The predicted octanol–water partition coefficient (Wildman–Crippen LogP) is 12.4. The molecule has 4 unspecified atom stereocenters. The van der Waals surface area contributed by atoms with Crippen LogP contribution in [0, 0.1) is 46.9 Å². The molecule has 8 aromatic rings. The summed E-state index contributed by atoms with van der Waals surface area (Å²) in [6, 6.07) is 21.3. The maximum atomic E-state index is 14.4. The fraction of sp³-hybridized carbons (Fsp3) is 0.414. The number of nitrogens with one attached hydrogen (secondary N) is 1. The number of nitrogens with zero attached hydrogens (tertiary/aromatic N) is 11. The lowest BCUT2D eigenvalue weighted by atomic mass is 9.85. The number of hydrogen-bond donors (Lipinski definition) is 3. The Morgan fingerprint density at radius 1 is 0.384 bits per heavy atom. The lowest BCUT2D eigenvalue weighted by Gasteiger charge is -2.35. The van der Waals surface area contributed by atoms with Crippen LogP contribution in [0.1, 0.15) is 119 Å². The second-order valence-corrected chi connectivity index (χ2v) is 25.6. The molecule has 16 rings (SSSR count). The van der Waals surface area contributed by atoms with Gasteiger partial charge in [0.05, 0.1) is 97.0 Å². The summed E-state index contributed by atoms with van der Waals surface area (Å²) in [6.07, 6.45) is 11.9. The summed E-state index contributed by atoms with van der Waals surface area (Å²) in [7, 11) is 0. The minimum atomic E-state index is -5.08. The predicted molar refractivity (Wildman–Crippen MR) is 341 cm³/mol. The Hall–Kier alpha value is -9.67. The number of halogens is 10. The number of imidazole rings is 4. The number of rotatable bonds is 4. The molecule has 19 nitrogen and oxygen atoms in total. The van der Waals surface area contributed by atoms with E-state index in [0.717, 1.165) is 171 Å². The molecule has 8 aliphatic heterocycles. The first-order chi connectivity index (χ1) is 47.2. The number of carbonyl (C=O) groups excluding carboxylic acids is 3. The van der Waals surface area contributed by atoms with Gasteiger partial charge in [-0.2, -0.15) is 26.3 Å². The molecule has 99 heavy (non-hydrogen) atoms. The minimum Gasteiger partial charge on any atom is -0.475 e. The van der Waals surface area contributed by atoms with Crippen molar-refractivity contribution in [3.63, 3.8) is 0 Å². The minimum absolute atomic E-state index is 0.00260. The van der Waals surface area contributed by atoms with Crippen molar-refractivity contribution in [1.29, 1.82) is 0 Å². The van der Waals surface area contributed by atoms with E-state index in [2.05, 4.69) is 43.5 Å². The lowest BCUT2D eigenvalue weighted by molar-refractivity contribution is -0.193. The van der Waals surface area contributed by atoms with Crippen LogP contribution in [0.2, 0.25) is 0 Å². The summed E-state index contributed by atoms with van der Waals surface area (Å²) >= 11 is 0. The molecule has 8 aliphatic rings. The number of amides is 3. The zero-order chi connectivity index (χ0) is 70.8. The van der Waals surface area contributed by atoms with Crippen LogP contribution in [0.4, 0.5) is 43.9 Å². The van der Waals surface area contributed by atoms with Gasteiger partial charge < -0.3 is 48.5 Å². The van der Waals surface area contributed by atoms with Crippen molar-refractivity contribution in [2.45, 2.75) is 109 Å². The van der Waals surface area contributed by atoms with Crippen LogP contribution in [0.3, 0.4) is 0 Å². The summed E-state index contributed by atoms with van der Waals surface area (Å²) in [6.45, 7) is 11.4. The SMILES string of the molecule is CC(=O)N1CCC(C2c3c(F)cccc3-c3cncn32)CC1.CC(=O)N1CCC(C2c3c(F)cccc3-c3cncn32)CC1.CC(=O)N1CCC(C2c3c(F)cccc3-c3cncn32)CC1.Fc1cccc2c1C(C1CCNCC1)n1cncc1-2.O=C(O)C(F)(F)F.O=C(O)C(F)(F)F. The Balaban J connectivity index is 0.000000125. The molecule has 29 heteroatoms. The Morgan fingerprint density at radius 2 is 0.596 bits per heavy atom. The van der Waals surface area contributed by atoms with Gasteiger partial charge >= 0.3 is 24.3 Å². The highest BCUT2D eigenvalue weighted by atomic mass is 19.4. The third kappa shape index (κ3) is 14.6. The number of benzene rings is 4. The van der Waals surface area contributed by atoms with Gasteiger partial charge in [-0.3, -0.25) is 14.4 Å². The Labute approximate surface area is 562 Å². The second-order valence-electron chi connectivity index (χ2n) is 25.6. The maximum absolute atomic E-state index is 14.4. The molecular weight excluding hydrogens is 1310 g/mol. The molecule has 4 aromatic heterocycles. The van der Waals surface area contributed by atoms with Gasteiger partial charge in [0.25, 0.3) is 0 Å². The van der Waals surface area contributed by atoms with Gasteiger partial charge in [0.2, 0.25) is 17.7 Å². The van der Waals surface area contributed by atoms with E-state index in [1.807, 2.05) is 70.1 Å². The molecule has 0 spiro atoms. The normalized spacial score (nSPS) is 19.7. The summed E-state index contributed by atoms with van der Waals surface area (Å²) in [4.78, 5) is 74.8. The molecule has 4 atom stereocenters. The fourth-order valence-corrected chi connectivity index (χ4v) is 15.3. The number of carboxylic acid groups (broad SMARTS) is 2. The molecule has 4 fully saturated rings. The molecule has 0 aliphatic carbocycles. The van der Waals surface area contributed by atoms with Gasteiger partial charge in [-0.1, -0.05) is 48.5 Å². The number of likely N-dealkylation sites (tertiary alicyclic amines) is 3. The number of carboxylic acids is 2. The topological polar surface area (TPSA) is 219 Å². The van der Waals surface area contributed by atoms with Crippen molar-refractivity contribution in [2.75, 3.05) is 52.4 Å². The molecule has 4 saturated heterocycles. The van der Waals surface area contributed by atoms with E-state index in [0.29, 0.717) is 23.7 Å². The molecule has 0 saturated carbocycles. The average molecular weight is 1380 g/mol. The summed E-state index contributed by atoms with van der Waals surface area (Å²) in [5.41, 5.74) is 11.2. The highest BCUT2D eigenvalue weighted by Gasteiger charge is 2.43. The fourth-order valence-electron chi connectivity index (χ4n) is 15.3. The number of aromatic nitrogens is 8. The number of fused-ring (bicyclic) bond motifs is 12. The second kappa shape index (κ2) is 29.4. The number of aliphatic carboxylic acids is 2. The number of hydrogen-bond acceptors (Lipinski definition) is 10. The molecule has 524 valence electrons. The number of piperidine rings is 4. The Kier molecular flexibility index (Phi) is 21.0. The van der Waals surface area contributed by atoms with Gasteiger partial charge in [0.1, 0.15) is 23.3 Å². The zero-order valence-electron chi connectivity index (χ0n) is 54.1. The first kappa shape index (κ1) is 70.6. The van der Waals surface area contributed by atoms with Crippen LogP contribution in [-0.2, 0) is 24.0 Å². The maximum Gasteiger partial charge on any atom is 0.490 e. The molecule has 4 aromatic carbocycles. The van der Waals surface area contributed by atoms with Crippen molar-refractivity contribution >= 4 is 29.7 Å². The van der Waals surface area contributed by atoms with E-state index < -0.39 is 24.3 Å². The quantitative estimate of drug-likeness (QED) is 0.140. The van der Waals surface area contributed by atoms with E-state index in [4.69, 9.17) is 19.8 Å². The highest BCUT2D eigenvalue weighted by molar-refractivity contribution is 5.76. The third-order valence-corrected chi connectivity index (χ3v) is 20.0. The van der Waals surface area contributed by atoms with Crippen LogP contribution in [0.5, 0.6) is 0 Å². The third-order valence-electron chi connectivity index (χ3n) is 20.0. The molecule has 0 radical (unpaired) electrons. The zero-order valence-corrected chi connectivity index (χ0v) is 54.1. The molecular formula is C70H72F10N12O7. The highest BCUT2D eigenvalue weighted by Crippen LogP contribution is 2.51. The first-order valence-electron chi connectivity index (χ1n) is 32.5. The summed E-state index contributed by atoms with van der Waals surface area (Å²) < 4.78 is 130. The van der Waals surface area contributed by atoms with E-state index in [1.165, 1.54) is 18.2 Å². The van der Waals surface area contributed by atoms with Gasteiger partial charge in [-0.15, -0.1) is 0 Å². The van der Waals surface area contributed by atoms with Crippen LogP contribution < -0.4 is 5.32 Å². The lowest BCUT2D eigenvalue weighted by Crippen LogP contribution is -2.39. The largest absolute Gasteiger partial charge is 0.490 e. The van der Waals surface area contributed by atoms with E-state index in [9.17, 15) is 58.3 Å². The first-order valence-corrected chi connectivity index (χ1v) is 32.5. The van der Waals surface area contributed by atoms with Crippen LogP contribution in [0.15, 0.2) is 123 Å². The average Bonchev–Trinajstić information content (AvgIpc) is 1.61. The summed E-state index contributed by atoms with van der Waals surface area (Å²) in [5.74, 6) is -4.14. The van der Waals surface area contributed by atoms with Gasteiger partial charge in [0, 0.05) is 105 Å². The van der Waals surface area contributed by atoms with Crippen molar-refractivity contribution in [3.8, 4) is 45.0 Å². The standard InChI is InChI=1S/3C17H18FN3O.C15H16FN3.2C2HF3O2/c3*1-11(22)20-7-5-12(6-8-20)17-16-13(3-2-4-14(16)18)15-9-19-10-21(15)17;16-12-3-1-2-11-13-8-18-9-19(13)15(14(11)12)10-4-6-17-7-5-10;2*3-2(4,5)1(6)7/h3*2-4,9-10,12,17H,5-8H2,1H3;1-3,8-10,15,17H,4-7H2;2*(H,6,7). The molecule has 3 N–H and O–H groups in total. The van der Waals surface area contributed by atoms with Crippen molar-refractivity contribution in [2.24, 2.45) is 23.7 Å². The molecule has 12 heterocycles. The monoisotopic (exact) mass is 1380 g/mol. The number of carbonyl (C=O) groups is 5. The molecule has 0 bridgehead atoms. The van der Waals surface area contributed by atoms with Crippen molar-refractivity contribution < 1.29 is 78.1 Å². The van der Waals surface area contributed by atoms with Gasteiger partial charge in [-0.25, -0.2) is 47.1 Å². The van der Waals surface area contributed by atoms with Crippen LogP contribution >= 0.6 is 0 Å². The number of alkyl halides is 6. The van der Waals surface area contributed by atoms with Crippen LogP contribution in [0.25, 0.3) is 45.0 Å². The van der Waals surface area contributed by atoms with Crippen molar-refractivity contribution in [3.05, 3.63) is 168 Å². The van der Waals surface area contributed by atoms with Gasteiger partial charge in [-0.05, 0) is 112 Å².